The van der Waals surface area contributed by atoms with Crippen LogP contribution in [0.25, 0.3) is 0 Å². The van der Waals surface area contributed by atoms with Crippen LogP contribution in [-0.4, -0.2) is 43.5 Å². The van der Waals surface area contributed by atoms with Crippen LogP contribution in [-0.2, 0) is 4.79 Å². The van der Waals surface area contributed by atoms with Gasteiger partial charge in [0, 0.05) is 25.7 Å². The van der Waals surface area contributed by atoms with Crippen molar-refractivity contribution in [3.8, 4) is 0 Å². The third-order valence-electron chi connectivity index (χ3n) is 5.02. The fourth-order valence-corrected chi connectivity index (χ4v) is 3.07. The van der Waals surface area contributed by atoms with Gasteiger partial charge in [0.25, 0.3) is 0 Å². The second kappa shape index (κ2) is 6.23. The molecule has 0 heterocycles. The number of nitrogens with one attached hydrogen (secondary N) is 1. The maximum Gasteiger partial charge on any atom is 0.227 e. The Balaban J connectivity index is 1.76. The topological polar surface area (TPSA) is 58.4 Å². The average molecular weight is 267 g/mol. The number of rotatable bonds is 6. The zero-order valence-corrected chi connectivity index (χ0v) is 12.5. The Bertz CT molecular complexity index is 307. The molecule has 0 aromatic heterocycles. The lowest BCUT2D eigenvalue weighted by Gasteiger charge is -2.37. The van der Waals surface area contributed by atoms with E-state index in [4.69, 9.17) is 5.73 Å². The lowest BCUT2D eigenvalue weighted by molar-refractivity contribution is -0.132. The van der Waals surface area contributed by atoms with Crippen molar-refractivity contribution in [2.75, 3.05) is 26.7 Å². The molecule has 2 aliphatic rings. The van der Waals surface area contributed by atoms with E-state index in [1.54, 1.807) is 0 Å². The molecule has 2 saturated carbocycles. The molecule has 0 spiro atoms. The molecule has 0 bridgehead atoms. The van der Waals surface area contributed by atoms with Crippen LogP contribution in [0.3, 0.4) is 0 Å². The van der Waals surface area contributed by atoms with Crippen LogP contribution >= 0.6 is 0 Å². The summed E-state index contributed by atoms with van der Waals surface area (Å²) < 4.78 is 0. The van der Waals surface area contributed by atoms with E-state index >= 15 is 0 Å². The highest BCUT2D eigenvalue weighted by atomic mass is 16.2. The molecule has 19 heavy (non-hydrogen) atoms. The van der Waals surface area contributed by atoms with Crippen LogP contribution in [0.2, 0.25) is 0 Å². The lowest BCUT2D eigenvalue weighted by Crippen LogP contribution is -2.49. The molecule has 3 N–H and O–H groups in total. The van der Waals surface area contributed by atoms with E-state index in [0.29, 0.717) is 6.54 Å². The number of nitrogens with two attached hydrogens (primary N) is 1. The van der Waals surface area contributed by atoms with Crippen molar-refractivity contribution >= 4 is 5.91 Å². The zero-order chi connectivity index (χ0) is 13.9. The maximum atomic E-state index is 12.4. The third kappa shape index (κ3) is 3.69. The van der Waals surface area contributed by atoms with Crippen LogP contribution in [0.5, 0.6) is 0 Å². The van der Waals surface area contributed by atoms with Gasteiger partial charge >= 0.3 is 0 Å². The van der Waals surface area contributed by atoms with Crippen molar-refractivity contribution in [1.82, 2.24) is 10.2 Å². The minimum atomic E-state index is -0.287. The second-order valence-corrected chi connectivity index (χ2v) is 6.63. The Labute approximate surface area is 117 Å². The van der Waals surface area contributed by atoms with Crippen LogP contribution < -0.4 is 11.1 Å². The summed E-state index contributed by atoms with van der Waals surface area (Å²) in [5.41, 5.74) is 5.62. The van der Waals surface area contributed by atoms with E-state index < -0.39 is 0 Å². The van der Waals surface area contributed by atoms with Crippen molar-refractivity contribution in [2.24, 2.45) is 17.1 Å². The number of hydrogen-bond donors (Lipinski definition) is 2. The van der Waals surface area contributed by atoms with E-state index in [9.17, 15) is 4.79 Å². The zero-order valence-electron chi connectivity index (χ0n) is 12.5. The third-order valence-corrected chi connectivity index (χ3v) is 5.02. The molecule has 2 rings (SSSR count). The number of hydrogen-bond acceptors (Lipinski definition) is 3. The highest BCUT2D eigenvalue weighted by Gasteiger charge is 2.39. The van der Waals surface area contributed by atoms with Gasteiger partial charge in [0.15, 0.2) is 0 Å². The highest BCUT2D eigenvalue weighted by Crippen LogP contribution is 2.38. The van der Waals surface area contributed by atoms with Gasteiger partial charge in [-0.05, 0) is 51.5 Å². The number of nitrogens with zero attached hydrogens (tertiary/aromatic N) is 1. The van der Waals surface area contributed by atoms with Gasteiger partial charge in [-0.1, -0.05) is 6.92 Å². The van der Waals surface area contributed by atoms with Gasteiger partial charge in [0.2, 0.25) is 5.91 Å². The minimum Gasteiger partial charge on any atom is -0.354 e. The van der Waals surface area contributed by atoms with E-state index in [1.165, 1.54) is 12.8 Å². The summed E-state index contributed by atoms with van der Waals surface area (Å²) >= 11 is 0. The summed E-state index contributed by atoms with van der Waals surface area (Å²) in [6.45, 7) is 4.46. The summed E-state index contributed by atoms with van der Waals surface area (Å²) in [5.74, 6) is 0.930. The average Bonchev–Trinajstić information content (AvgIpc) is 3.24. The van der Waals surface area contributed by atoms with E-state index in [2.05, 4.69) is 24.2 Å². The van der Waals surface area contributed by atoms with Crippen LogP contribution in [0.15, 0.2) is 0 Å². The molecule has 0 unspecified atom stereocenters. The summed E-state index contributed by atoms with van der Waals surface area (Å²) in [7, 11) is 2.14. The summed E-state index contributed by atoms with van der Waals surface area (Å²) in [4.78, 5) is 14.8. The Kier molecular flexibility index (Phi) is 4.85. The summed E-state index contributed by atoms with van der Waals surface area (Å²) in [6, 6.07) is 0.760. The van der Waals surface area contributed by atoms with Crippen molar-refractivity contribution in [1.29, 1.82) is 0 Å². The second-order valence-electron chi connectivity index (χ2n) is 6.63. The van der Waals surface area contributed by atoms with Crippen molar-refractivity contribution in [2.45, 2.75) is 51.5 Å². The SMILES string of the molecule is CC1CCC(CN)(C(=O)NCCN(C)C2CC2)CC1. The standard InChI is InChI=1S/C15H29N3O/c1-12-5-7-15(11-16,8-6-12)14(19)17-9-10-18(2)13-3-4-13/h12-13H,3-11,16H2,1-2H3,(H,17,19). The number of likely N-dealkylation sites (N-methyl/N-ethyl adjacent to an activating group) is 1. The Morgan fingerprint density at radius 2 is 1.95 bits per heavy atom. The van der Waals surface area contributed by atoms with E-state index in [0.717, 1.165) is 50.7 Å². The van der Waals surface area contributed by atoms with Gasteiger partial charge in [-0.15, -0.1) is 0 Å². The molecule has 4 nitrogen and oxygen atoms in total. The van der Waals surface area contributed by atoms with Gasteiger partial charge in [-0.3, -0.25) is 4.79 Å². The lowest BCUT2D eigenvalue weighted by atomic mass is 9.70. The fraction of sp³-hybridized carbons (Fsp3) is 0.933. The first-order chi connectivity index (χ1) is 9.07. The molecule has 110 valence electrons. The van der Waals surface area contributed by atoms with Gasteiger partial charge < -0.3 is 16.0 Å². The Morgan fingerprint density at radius 3 is 2.47 bits per heavy atom. The van der Waals surface area contributed by atoms with Crippen LogP contribution in [0.1, 0.15) is 45.4 Å². The largest absolute Gasteiger partial charge is 0.354 e. The van der Waals surface area contributed by atoms with Crippen LogP contribution in [0, 0.1) is 11.3 Å². The monoisotopic (exact) mass is 267 g/mol. The molecule has 0 aliphatic heterocycles. The first-order valence-corrected chi connectivity index (χ1v) is 7.76. The molecular formula is C15H29N3O. The van der Waals surface area contributed by atoms with Gasteiger partial charge in [0.05, 0.1) is 5.41 Å². The number of carbonyl (C=O) groups is 1. The van der Waals surface area contributed by atoms with Crippen molar-refractivity contribution in [3.63, 3.8) is 0 Å². The van der Waals surface area contributed by atoms with Gasteiger partial charge in [-0.2, -0.15) is 0 Å². The first-order valence-electron chi connectivity index (χ1n) is 7.76. The van der Waals surface area contributed by atoms with Crippen LogP contribution in [0.4, 0.5) is 0 Å². The van der Waals surface area contributed by atoms with Crippen molar-refractivity contribution in [3.05, 3.63) is 0 Å². The molecule has 0 saturated heterocycles. The molecule has 0 aromatic rings. The molecule has 4 heteroatoms. The molecule has 1 amide bonds. The fourth-order valence-electron chi connectivity index (χ4n) is 3.07. The number of carbonyl (C=O) groups excluding carboxylic acids is 1. The molecule has 2 aliphatic carbocycles. The molecule has 0 atom stereocenters. The highest BCUT2D eigenvalue weighted by molar-refractivity contribution is 5.83. The summed E-state index contributed by atoms with van der Waals surface area (Å²) in [6.07, 6.45) is 6.80. The van der Waals surface area contributed by atoms with Gasteiger partial charge in [0.1, 0.15) is 0 Å². The van der Waals surface area contributed by atoms with E-state index in [-0.39, 0.29) is 11.3 Å². The minimum absolute atomic E-state index is 0.186. The Morgan fingerprint density at radius 1 is 1.32 bits per heavy atom. The van der Waals surface area contributed by atoms with Gasteiger partial charge in [-0.25, -0.2) is 0 Å². The Hall–Kier alpha value is -0.610. The smallest absolute Gasteiger partial charge is 0.227 e. The molecule has 0 aromatic carbocycles. The molecule has 2 fully saturated rings. The summed E-state index contributed by atoms with van der Waals surface area (Å²) in [5, 5.41) is 3.11. The van der Waals surface area contributed by atoms with Crippen molar-refractivity contribution < 1.29 is 4.79 Å². The number of amides is 1. The molecule has 0 radical (unpaired) electrons. The first kappa shape index (κ1) is 14.8. The predicted octanol–water partition coefficient (Wildman–Crippen LogP) is 1.35. The normalized spacial score (nSPS) is 31.5. The predicted molar refractivity (Wildman–Crippen MR) is 77.8 cm³/mol. The van der Waals surface area contributed by atoms with E-state index in [1.807, 2.05) is 0 Å². The molecular weight excluding hydrogens is 238 g/mol. The maximum absolute atomic E-state index is 12.4. The quantitative estimate of drug-likeness (QED) is 0.764.